The number of ether oxygens (including phenoxy) is 1. The molecule has 0 spiro atoms. The van der Waals surface area contributed by atoms with Crippen molar-refractivity contribution in [2.45, 2.75) is 78.4 Å². The molecule has 1 aliphatic carbocycles. The molecule has 6 heteroatoms. The zero-order valence-electron chi connectivity index (χ0n) is 17.0. The molecule has 1 fully saturated rings. The lowest BCUT2D eigenvalue weighted by Gasteiger charge is -2.36. The summed E-state index contributed by atoms with van der Waals surface area (Å²) in [5.74, 6) is 0.377. The average Bonchev–Trinajstić information content (AvgIpc) is 3.07. The van der Waals surface area contributed by atoms with E-state index in [9.17, 15) is 4.79 Å². The van der Waals surface area contributed by atoms with E-state index >= 15 is 0 Å². The van der Waals surface area contributed by atoms with E-state index in [0.29, 0.717) is 23.4 Å². The summed E-state index contributed by atoms with van der Waals surface area (Å²) in [4.78, 5) is 21.7. The Morgan fingerprint density at radius 2 is 2.15 bits per heavy atom. The lowest BCUT2D eigenvalue weighted by atomic mass is 9.81. The average molecular weight is 373 g/mol. The fourth-order valence-electron chi connectivity index (χ4n) is 4.09. The fraction of sp³-hybridized carbons (Fsp3) is 0.667. The number of carbonyl (C=O) groups is 1. The van der Waals surface area contributed by atoms with Gasteiger partial charge in [0.1, 0.15) is 6.33 Å². The molecule has 0 saturated heterocycles. The van der Waals surface area contributed by atoms with Gasteiger partial charge in [0.05, 0.1) is 6.10 Å². The summed E-state index contributed by atoms with van der Waals surface area (Å²) in [6, 6.07) is 2.17. The molecule has 2 aromatic rings. The van der Waals surface area contributed by atoms with E-state index < -0.39 is 0 Å². The Bertz CT molecular complexity index is 786. The number of nitrogens with one attached hydrogen (secondary N) is 1. The third kappa shape index (κ3) is 4.49. The Morgan fingerprint density at radius 3 is 2.89 bits per heavy atom. The maximum absolute atomic E-state index is 12.8. The van der Waals surface area contributed by atoms with Crippen LogP contribution in [-0.2, 0) is 4.74 Å². The van der Waals surface area contributed by atoms with Gasteiger partial charge in [-0.05, 0) is 51.5 Å². The first-order chi connectivity index (χ1) is 13.0. The number of aryl methyl sites for hydroxylation is 2. The third-order valence-corrected chi connectivity index (χ3v) is 5.64. The number of imidazole rings is 1. The van der Waals surface area contributed by atoms with Gasteiger partial charge in [0.2, 0.25) is 0 Å². The highest BCUT2D eigenvalue weighted by Crippen LogP contribution is 2.30. The Hall–Kier alpha value is -1.95. The van der Waals surface area contributed by atoms with E-state index in [0.717, 1.165) is 56.5 Å². The van der Waals surface area contributed by atoms with Gasteiger partial charge in [-0.15, -0.1) is 0 Å². The van der Waals surface area contributed by atoms with E-state index in [1.165, 1.54) is 0 Å². The quantitative estimate of drug-likeness (QED) is 0.750. The summed E-state index contributed by atoms with van der Waals surface area (Å²) in [6.45, 7) is 9.18. The van der Waals surface area contributed by atoms with Gasteiger partial charge in [0.25, 0.3) is 5.91 Å². The second kappa shape index (κ2) is 8.83. The van der Waals surface area contributed by atoms with Crippen molar-refractivity contribution >= 4 is 11.6 Å². The summed E-state index contributed by atoms with van der Waals surface area (Å²) < 4.78 is 7.97. The molecule has 0 bridgehead atoms. The fourth-order valence-corrected chi connectivity index (χ4v) is 4.09. The molecule has 148 valence electrons. The maximum atomic E-state index is 12.8. The van der Waals surface area contributed by atoms with Crippen molar-refractivity contribution in [1.82, 2.24) is 19.7 Å². The first kappa shape index (κ1) is 19.8. The van der Waals surface area contributed by atoms with Gasteiger partial charge in [-0.3, -0.25) is 9.20 Å². The predicted octanol–water partition coefficient (Wildman–Crippen LogP) is 3.84. The van der Waals surface area contributed by atoms with Crippen LogP contribution in [0.3, 0.4) is 0 Å². The smallest absolute Gasteiger partial charge is 0.274 e. The van der Waals surface area contributed by atoms with E-state index in [1.807, 2.05) is 24.3 Å². The molecule has 3 atom stereocenters. The first-order valence-electron chi connectivity index (χ1n) is 10.3. The van der Waals surface area contributed by atoms with Crippen molar-refractivity contribution in [2.75, 3.05) is 6.61 Å². The molecule has 0 aromatic carbocycles. The van der Waals surface area contributed by atoms with Crippen LogP contribution < -0.4 is 5.32 Å². The molecule has 0 unspecified atom stereocenters. The standard InChI is InChI=1S/C21H32N4O2/c1-5-7-10-27-18-9-8-17(12-16(18)6-2)24-21(26)19-20-23-14(3)11-15(4)25(20)13-22-19/h11,13,16-18H,5-10,12H2,1-4H3,(H,24,26)/t16-,17-,18-/m0/s1. The van der Waals surface area contributed by atoms with Crippen molar-refractivity contribution in [3.8, 4) is 0 Å². The van der Waals surface area contributed by atoms with E-state index in [4.69, 9.17) is 4.74 Å². The Kier molecular flexibility index (Phi) is 6.47. The topological polar surface area (TPSA) is 68.5 Å². The minimum atomic E-state index is -0.125. The number of fused-ring (bicyclic) bond motifs is 1. The highest BCUT2D eigenvalue weighted by atomic mass is 16.5. The number of hydrogen-bond acceptors (Lipinski definition) is 4. The first-order valence-corrected chi connectivity index (χ1v) is 10.3. The van der Waals surface area contributed by atoms with Crippen molar-refractivity contribution in [3.05, 3.63) is 29.5 Å². The molecule has 1 N–H and O–H groups in total. The van der Waals surface area contributed by atoms with Crippen LogP contribution in [0.15, 0.2) is 12.4 Å². The van der Waals surface area contributed by atoms with Gasteiger partial charge in [-0.2, -0.15) is 0 Å². The number of aromatic nitrogens is 3. The van der Waals surface area contributed by atoms with Gasteiger partial charge in [0, 0.05) is 24.0 Å². The molecule has 0 radical (unpaired) electrons. The van der Waals surface area contributed by atoms with E-state index in [1.54, 1.807) is 6.33 Å². The van der Waals surface area contributed by atoms with Crippen molar-refractivity contribution < 1.29 is 9.53 Å². The number of unbranched alkanes of at least 4 members (excludes halogenated alkanes) is 1. The van der Waals surface area contributed by atoms with Crippen LogP contribution >= 0.6 is 0 Å². The molecule has 1 saturated carbocycles. The molecule has 1 amide bonds. The number of carbonyl (C=O) groups excluding carboxylic acids is 1. The van der Waals surface area contributed by atoms with Crippen molar-refractivity contribution in [1.29, 1.82) is 0 Å². The van der Waals surface area contributed by atoms with Crippen LogP contribution in [0.4, 0.5) is 0 Å². The summed E-state index contributed by atoms with van der Waals surface area (Å²) in [6.07, 6.45) is 8.30. The highest BCUT2D eigenvalue weighted by molar-refractivity contribution is 5.98. The maximum Gasteiger partial charge on any atom is 0.274 e. The molecule has 6 nitrogen and oxygen atoms in total. The minimum absolute atomic E-state index is 0.125. The predicted molar refractivity (Wildman–Crippen MR) is 106 cm³/mol. The summed E-state index contributed by atoms with van der Waals surface area (Å²) in [5.41, 5.74) is 2.97. The monoisotopic (exact) mass is 372 g/mol. The van der Waals surface area contributed by atoms with Gasteiger partial charge < -0.3 is 10.1 Å². The van der Waals surface area contributed by atoms with Gasteiger partial charge in [0.15, 0.2) is 11.3 Å². The van der Waals surface area contributed by atoms with E-state index in [-0.39, 0.29) is 11.9 Å². The third-order valence-electron chi connectivity index (χ3n) is 5.64. The number of rotatable bonds is 7. The second-order valence-corrected chi connectivity index (χ2v) is 7.74. The van der Waals surface area contributed by atoms with Crippen LogP contribution in [-0.4, -0.2) is 39.0 Å². The molecule has 1 aliphatic rings. The molecular formula is C21H32N4O2. The number of hydrogen-bond donors (Lipinski definition) is 1. The normalized spacial score (nSPS) is 22.9. The second-order valence-electron chi connectivity index (χ2n) is 7.74. The Morgan fingerprint density at radius 1 is 1.33 bits per heavy atom. The summed E-state index contributed by atoms with van der Waals surface area (Å²) >= 11 is 0. The van der Waals surface area contributed by atoms with Crippen LogP contribution in [0.1, 0.15) is 74.2 Å². The summed E-state index contributed by atoms with van der Waals surface area (Å²) in [7, 11) is 0. The molecule has 27 heavy (non-hydrogen) atoms. The minimum Gasteiger partial charge on any atom is -0.378 e. The lowest BCUT2D eigenvalue weighted by Crippen LogP contribution is -2.43. The van der Waals surface area contributed by atoms with Crippen molar-refractivity contribution in [2.24, 2.45) is 5.92 Å². The van der Waals surface area contributed by atoms with Crippen molar-refractivity contribution in [3.63, 3.8) is 0 Å². The van der Waals surface area contributed by atoms with E-state index in [2.05, 4.69) is 29.1 Å². The lowest BCUT2D eigenvalue weighted by molar-refractivity contribution is -0.0194. The van der Waals surface area contributed by atoms with Gasteiger partial charge in [-0.1, -0.05) is 26.7 Å². The molecular weight excluding hydrogens is 340 g/mol. The largest absolute Gasteiger partial charge is 0.378 e. The van der Waals surface area contributed by atoms with Crippen LogP contribution in [0.5, 0.6) is 0 Å². The van der Waals surface area contributed by atoms with Gasteiger partial charge in [-0.25, -0.2) is 9.97 Å². The Labute approximate surface area is 161 Å². The highest BCUT2D eigenvalue weighted by Gasteiger charge is 2.31. The number of amides is 1. The zero-order valence-corrected chi connectivity index (χ0v) is 17.0. The zero-order chi connectivity index (χ0) is 19.4. The molecule has 3 rings (SSSR count). The van der Waals surface area contributed by atoms with Crippen LogP contribution in [0.25, 0.3) is 5.65 Å². The van der Waals surface area contributed by atoms with Crippen LogP contribution in [0, 0.1) is 19.8 Å². The molecule has 0 aliphatic heterocycles. The van der Waals surface area contributed by atoms with Crippen LogP contribution in [0.2, 0.25) is 0 Å². The molecule has 2 aromatic heterocycles. The van der Waals surface area contributed by atoms with Gasteiger partial charge >= 0.3 is 0 Å². The summed E-state index contributed by atoms with van der Waals surface area (Å²) in [5, 5.41) is 3.19. The Balaban J connectivity index is 1.65. The SMILES string of the molecule is CCCCO[C@H]1CC[C@H](NC(=O)c2ncn3c(C)cc(C)nc23)C[C@@H]1CC. The molecule has 2 heterocycles. The number of nitrogens with zero attached hydrogens (tertiary/aromatic N) is 3.